The fraction of sp³-hybridized carbons (Fsp3) is 0.214. The average molecular weight is 232 g/mol. The van der Waals surface area contributed by atoms with E-state index in [1.807, 2.05) is 26.0 Å². The smallest absolute Gasteiger partial charge is 0.328 e. The SMILES string of the molecule is COc1cc(C)cc(C)c1/C=C/C=C/C(=O)O. The Morgan fingerprint density at radius 3 is 2.59 bits per heavy atom. The molecule has 1 rings (SSSR count). The van der Waals surface area contributed by atoms with E-state index in [0.29, 0.717) is 0 Å². The van der Waals surface area contributed by atoms with Crippen molar-refractivity contribution in [2.24, 2.45) is 0 Å². The summed E-state index contributed by atoms with van der Waals surface area (Å²) < 4.78 is 5.29. The molecule has 1 N–H and O–H groups in total. The lowest BCUT2D eigenvalue weighted by Gasteiger charge is -2.09. The highest BCUT2D eigenvalue weighted by atomic mass is 16.5. The van der Waals surface area contributed by atoms with Crippen molar-refractivity contribution in [1.29, 1.82) is 0 Å². The Bertz CT molecular complexity index is 471. The molecule has 0 amide bonds. The zero-order valence-electron chi connectivity index (χ0n) is 10.2. The molecule has 3 nitrogen and oxygen atoms in total. The maximum atomic E-state index is 10.3. The Hall–Kier alpha value is -2.03. The van der Waals surface area contributed by atoms with E-state index in [1.165, 1.54) is 6.08 Å². The fourth-order valence-electron chi connectivity index (χ4n) is 1.61. The van der Waals surface area contributed by atoms with Crippen molar-refractivity contribution in [3.63, 3.8) is 0 Å². The minimum Gasteiger partial charge on any atom is -0.496 e. The molecular formula is C14H16O3. The first-order valence-electron chi connectivity index (χ1n) is 5.27. The maximum Gasteiger partial charge on any atom is 0.328 e. The summed E-state index contributed by atoms with van der Waals surface area (Å²) in [5.74, 6) is -0.162. The molecule has 90 valence electrons. The second kappa shape index (κ2) is 5.89. The second-order valence-corrected chi connectivity index (χ2v) is 3.75. The van der Waals surface area contributed by atoms with Crippen LogP contribution in [-0.2, 0) is 4.79 Å². The molecule has 0 saturated heterocycles. The molecule has 0 atom stereocenters. The molecule has 0 spiro atoms. The lowest BCUT2D eigenvalue weighted by atomic mass is 10.0. The Morgan fingerprint density at radius 1 is 1.29 bits per heavy atom. The van der Waals surface area contributed by atoms with Gasteiger partial charge in [0.05, 0.1) is 7.11 Å². The number of rotatable bonds is 4. The normalized spacial score (nSPS) is 11.2. The van der Waals surface area contributed by atoms with E-state index in [-0.39, 0.29) is 0 Å². The zero-order chi connectivity index (χ0) is 12.8. The minimum atomic E-state index is -0.956. The molecule has 0 aliphatic heterocycles. The number of carboxylic acids is 1. The average Bonchev–Trinajstić information content (AvgIpc) is 2.25. The van der Waals surface area contributed by atoms with Gasteiger partial charge in [-0.1, -0.05) is 24.3 Å². The largest absolute Gasteiger partial charge is 0.496 e. The molecule has 0 heterocycles. The molecule has 17 heavy (non-hydrogen) atoms. The number of methoxy groups -OCH3 is 1. The highest BCUT2D eigenvalue weighted by Gasteiger charge is 2.03. The first-order valence-corrected chi connectivity index (χ1v) is 5.27. The molecule has 0 saturated carbocycles. The van der Waals surface area contributed by atoms with E-state index in [4.69, 9.17) is 9.84 Å². The highest BCUT2D eigenvalue weighted by Crippen LogP contribution is 2.25. The predicted molar refractivity (Wildman–Crippen MR) is 68.3 cm³/mol. The number of aliphatic carboxylic acids is 1. The monoisotopic (exact) mass is 232 g/mol. The Labute approximate surface area is 101 Å². The summed E-state index contributed by atoms with van der Waals surface area (Å²) in [4.78, 5) is 10.3. The van der Waals surface area contributed by atoms with E-state index in [1.54, 1.807) is 13.2 Å². The predicted octanol–water partition coefficient (Wildman–Crippen LogP) is 2.97. The lowest BCUT2D eigenvalue weighted by Crippen LogP contribution is -1.91. The van der Waals surface area contributed by atoms with Crippen molar-refractivity contribution < 1.29 is 14.6 Å². The van der Waals surface area contributed by atoms with Crippen LogP contribution in [0.1, 0.15) is 16.7 Å². The van der Waals surface area contributed by atoms with Crippen molar-refractivity contribution in [3.05, 3.63) is 47.1 Å². The van der Waals surface area contributed by atoms with Crippen molar-refractivity contribution in [2.45, 2.75) is 13.8 Å². The van der Waals surface area contributed by atoms with Crippen LogP contribution in [0.5, 0.6) is 5.75 Å². The van der Waals surface area contributed by atoms with Gasteiger partial charge in [0.2, 0.25) is 0 Å². The summed E-state index contributed by atoms with van der Waals surface area (Å²) in [7, 11) is 1.62. The number of allylic oxidation sites excluding steroid dienone is 2. The standard InChI is InChI=1S/C14H16O3/c1-10-8-11(2)12(13(9-10)17-3)6-4-5-7-14(15)16/h4-9H,1-3H3,(H,15,16)/b6-4+,7-5+. The van der Waals surface area contributed by atoms with E-state index < -0.39 is 5.97 Å². The van der Waals surface area contributed by atoms with Gasteiger partial charge in [-0.05, 0) is 31.0 Å². The number of benzene rings is 1. The van der Waals surface area contributed by atoms with Crippen LogP contribution < -0.4 is 4.74 Å². The van der Waals surface area contributed by atoms with Gasteiger partial charge in [0.15, 0.2) is 0 Å². The van der Waals surface area contributed by atoms with Gasteiger partial charge in [0.25, 0.3) is 0 Å². The van der Waals surface area contributed by atoms with Crippen LogP contribution in [0.15, 0.2) is 30.4 Å². The van der Waals surface area contributed by atoms with E-state index in [9.17, 15) is 4.79 Å². The third kappa shape index (κ3) is 3.79. The second-order valence-electron chi connectivity index (χ2n) is 3.75. The van der Waals surface area contributed by atoms with Gasteiger partial charge in [0.1, 0.15) is 5.75 Å². The number of hydrogen-bond acceptors (Lipinski definition) is 2. The number of ether oxygens (including phenoxy) is 1. The van der Waals surface area contributed by atoms with Gasteiger partial charge in [-0.25, -0.2) is 4.79 Å². The van der Waals surface area contributed by atoms with Gasteiger partial charge in [-0.2, -0.15) is 0 Å². The van der Waals surface area contributed by atoms with Gasteiger partial charge >= 0.3 is 5.97 Å². The molecule has 0 aromatic heterocycles. The zero-order valence-corrected chi connectivity index (χ0v) is 10.2. The summed E-state index contributed by atoms with van der Waals surface area (Å²) in [5, 5.41) is 8.46. The molecular weight excluding hydrogens is 216 g/mol. The van der Waals surface area contributed by atoms with Crippen LogP contribution in [0.3, 0.4) is 0 Å². The molecule has 0 aliphatic rings. The summed E-state index contributed by atoms with van der Waals surface area (Å²) in [6.45, 7) is 4.00. The molecule has 0 aliphatic carbocycles. The number of carbonyl (C=O) groups is 1. The van der Waals surface area contributed by atoms with Gasteiger partial charge in [-0.15, -0.1) is 0 Å². The van der Waals surface area contributed by atoms with E-state index in [0.717, 1.165) is 28.5 Å². The van der Waals surface area contributed by atoms with Crippen LogP contribution in [0.25, 0.3) is 6.08 Å². The molecule has 1 aromatic rings. The van der Waals surface area contributed by atoms with Gasteiger partial charge in [0, 0.05) is 11.6 Å². The Morgan fingerprint density at radius 2 is 2.00 bits per heavy atom. The quantitative estimate of drug-likeness (QED) is 0.641. The summed E-state index contributed by atoms with van der Waals surface area (Å²) in [6.07, 6.45) is 6.11. The molecule has 0 bridgehead atoms. The fourth-order valence-corrected chi connectivity index (χ4v) is 1.61. The van der Waals surface area contributed by atoms with Crippen molar-refractivity contribution in [2.75, 3.05) is 7.11 Å². The Balaban J connectivity index is 3.01. The molecule has 1 aromatic carbocycles. The first kappa shape index (κ1) is 13.0. The van der Waals surface area contributed by atoms with Crippen LogP contribution >= 0.6 is 0 Å². The molecule has 0 fully saturated rings. The summed E-state index contributed by atoms with van der Waals surface area (Å²) in [6, 6.07) is 4.01. The lowest BCUT2D eigenvalue weighted by molar-refractivity contribution is -0.131. The topological polar surface area (TPSA) is 46.5 Å². The van der Waals surface area contributed by atoms with Crippen molar-refractivity contribution in [3.8, 4) is 5.75 Å². The van der Waals surface area contributed by atoms with Crippen LogP contribution in [-0.4, -0.2) is 18.2 Å². The minimum absolute atomic E-state index is 0.794. The molecule has 3 heteroatoms. The van der Waals surface area contributed by atoms with E-state index in [2.05, 4.69) is 6.07 Å². The van der Waals surface area contributed by atoms with Crippen LogP contribution in [0, 0.1) is 13.8 Å². The number of carboxylic acid groups (broad SMARTS) is 1. The number of hydrogen-bond donors (Lipinski definition) is 1. The molecule has 0 radical (unpaired) electrons. The third-order valence-electron chi connectivity index (χ3n) is 2.33. The molecule has 0 unspecified atom stereocenters. The van der Waals surface area contributed by atoms with Crippen molar-refractivity contribution in [1.82, 2.24) is 0 Å². The Kier molecular flexibility index (Phi) is 4.52. The maximum absolute atomic E-state index is 10.3. The van der Waals surface area contributed by atoms with Crippen LogP contribution in [0.4, 0.5) is 0 Å². The number of aryl methyl sites for hydroxylation is 2. The highest BCUT2D eigenvalue weighted by molar-refractivity contribution is 5.80. The summed E-state index contributed by atoms with van der Waals surface area (Å²) in [5.41, 5.74) is 3.20. The summed E-state index contributed by atoms with van der Waals surface area (Å²) >= 11 is 0. The van der Waals surface area contributed by atoms with Gasteiger partial charge in [-0.3, -0.25) is 0 Å². The first-order chi connectivity index (χ1) is 8.04. The van der Waals surface area contributed by atoms with Gasteiger partial charge < -0.3 is 9.84 Å². The van der Waals surface area contributed by atoms with Crippen molar-refractivity contribution >= 4 is 12.0 Å². The van der Waals surface area contributed by atoms with Crippen LogP contribution in [0.2, 0.25) is 0 Å². The third-order valence-corrected chi connectivity index (χ3v) is 2.33. The van der Waals surface area contributed by atoms with E-state index >= 15 is 0 Å².